The van der Waals surface area contributed by atoms with Crippen LogP contribution in [-0.4, -0.2) is 46.9 Å². The molecule has 0 aromatic carbocycles. The molecule has 0 bridgehead atoms. The van der Waals surface area contributed by atoms with Crippen molar-refractivity contribution < 1.29 is 19.5 Å². The molecule has 6 heteroatoms. The monoisotopic (exact) mass is 296 g/mol. The Morgan fingerprint density at radius 3 is 2.19 bits per heavy atom. The summed E-state index contributed by atoms with van der Waals surface area (Å²) in [4.78, 5) is 36.7. The lowest BCUT2D eigenvalue weighted by atomic mass is 9.82. The maximum absolute atomic E-state index is 12.4. The Hall–Kier alpha value is -1.85. The first-order valence-electron chi connectivity index (χ1n) is 7.05. The molecule has 21 heavy (non-hydrogen) atoms. The van der Waals surface area contributed by atoms with Crippen molar-refractivity contribution in [2.45, 2.75) is 39.2 Å². The summed E-state index contributed by atoms with van der Waals surface area (Å²) in [7, 11) is 1.53. The minimum absolute atomic E-state index is 0.0668. The van der Waals surface area contributed by atoms with E-state index >= 15 is 0 Å². The molecule has 1 rings (SSSR count). The van der Waals surface area contributed by atoms with Gasteiger partial charge in [0.05, 0.1) is 18.4 Å². The molecule has 0 radical (unpaired) electrons. The first-order valence-corrected chi connectivity index (χ1v) is 7.05. The summed E-state index contributed by atoms with van der Waals surface area (Å²) in [5.74, 6) is -2.83. The van der Waals surface area contributed by atoms with Gasteiger partial charge in [-0.3, -0.25) is 14.4 Å². The lowest BCUT2D eigenvalue weighted by Crippen LogP contribution is -2.48. The molecule has 0 aliphatic heterocycles. The highest BCUT2D eigenvalue weighted by atomic mass is 16.4. The number of carbonyl (C=O) groups is 3. The molecule has 0 aromatic heterocycles. The molecule has 0 heterocycles. The van der Waals surface area contributed by atoms with Crippen molar-refractivity contribution in [3.05, 3.63) is 12.2 Å². The first kappa shape index (κ1) is 17.2. The number of likely N-dealkylation sites (N-methyl/N-ethyl adjacent to an activating group) is 1. The van der Waals surface area contributed by atoms with Crippen LogP contribution in [0.4, 0.5) is 0 Å². The molecular weight excluding hydrogens is 272 g/mol. The van der Waals surface area contributed by atoms with Crippen LogP contribution in [0.15, 0.2) is 12.2 Å². The van der Waals surface area contributed by atoms with Crippen LogP contribution in [0.5, 0.6) is 0 Å². The second-order valence-corrected chi connectivity index (χ2v) is 6.49. The molecule has 0 aromatic rings. The van der Waals surface area contributed by atoms with Gasteiger partial charge in [-0.2, -0.15) is 0 Å². The number of hydrogen-bond donors (Lipinski definition) is 2. The van der Waals surface area contributed by atoms with Crippen molar-refractivity contribution in [2.24, 2.45) is 11.8 Å². The summed E-state index contributed by atoms with van der Waals surface area (Å²) >= 11 is 0. The van der Waals surface area contributed by atoms with E-state index in [1.165, 1.54) is 11.9 Å². The summed E-state index contributed by atoms with van der Waals surface area (Å²) in [6.45, 7) is 5.51. The predicted molar refractivity (Wildman–Crippen MR) is 78.5 cm³/mol. The van der Waals surface area contributed by atoms with Crippen molar-refractivity contribution in [3.63, 3.8) is 0 Å². The molecule has 2 N–H and O–H groups in total. The third-order valence-corrected chi connectivity index (χ3v) is 3.34. The first-order chi connectivity index (χ1) is 9.61. The Kier molecular flexibility index (Phi) is 5.52. The average Bonchev–Trinajstić information content (AvgIpc) is 2.35. The second kappa shape index (κ2) is 6.74. The van der Waals surface area contributed by atoms with E-state index in [9.17, 15) is 19.5 Å². The molecule has 0 saturated heterocycles. The number of carbonyl (C=O) groups excluding carboxylic acids is 2. The van der Waals surface area contributed by atoms with Gasteiger partial charge in [-0.15, -0.1) is 0 Å². The van der Waals surface area contributed by atoms with Gasteiger partial charge in [0.15, 0.2) is 0 Å². The largest absolute Gasteiger partial charge is 0.481 e. The van der Waals surface area contributed by atoms with Crippen LogP contribution in [0.25, 0.3) is 0 Å². The van der Waals surface area contributed by atoms with Gasteiger partial charge in [0.1, 0.15) is 0 Å². The number of hydrogen-bond acceptors (Lipinski definition) is 3. The van der Waals surface area contributed by atoms with E-state index in [1.807, 2.05) is 26.8 Å². The molecule has 0 saturated carbocycles. The van der Waals surface area contributed by atoms with Gasteiger partial charge in [-0.05, 0) is 33.6 Å². The van der Waals surface area contributed by atoms with Crippen LogP contribution in [0.3, 0.4) is 0 Å². The van der Waals surface area contributed by atoms with Gasteiger partial charge in [0.2, 0.25) is 11.8 Å². The van der Waals surface area contributed by atoms with E-state index in [1.54, 1.807) is 6.08 Å². The van der Waals surface area contributed by atoms with Gasteiger partial charge in [0.25, 0.3) is 0 Å². The highest BCUT2D eigenvalue weighted by Gasteiger charge is 2.35. The van der Waals surface area contributed by atoms with E-state index in [2.05, 4.69) is 5.32 Å². The standard InChI is InChI=1S/C15H24N2O4/c1-15(2,3)16-12(18)9-17(4)13(19)10-7-5-6-8-11(10)14(20)21/h5-6,10-11H,7-9H2,1-4H3,(H,16,18)(H,20,21)/t10-,11+/m1/s1. The minimum atomic E-state index is -0.967. The smallest absolute Gasteiger partial charge is 0.307 e. The van der Waals surface area contributed by atoms with E-state index in [0.29, 0.717) is 12.8 Å². The molecule has 0 fully saturated rings. The maximum Gasteiger partial charge on any atom is 0.307 e. The van der Waals surface area contributed by atoms with Crippen LogP contribution in [0.1, 0.15) is 33.6 Å². The summed E-state index contributed by atoms with van der Waals surface area (Å²) in [5.41, 5.74) is -0.363. The zero-order chi connectivity index (χ0) is 16.2. The predicted octanol–water partition coefficient (Wildman–Crippen LogP) is 1.03. The lowest BCUT2D eigenvalue weighted by molar-refractivity contribution is -0.150. The fourth-order valence-electron chi connectivity index (χ4n) is 2.39. The summed E-state index contributed by atoms with van der Waals surface area (Å²) < 4.78 is 0. The van der Waals surface area contributed by atoms with Gasteiger partial charge in [-0.1, -0.05) is 12.2 Å². The van der Waals surface area contributed by atoms with Crippen LogP contribution >= 0.6 is 0 Å². The SMILES string of the molecule is CN(CC(=O)NC(C)(C)C)C(=O)[C@@H]1CC=CC[C@@H]1C(=O)O. The van der Waals surface area contributed by atoms with Gasteiger partial charge in [0, 0.05) is 12.6 Å². The van der Waals surface area contributed by atoms with Crippen LogP contribution in [-0.2, 0) is 14.4 Å². The molecule has 118 valence electrons. The molecule has 2 atom stereocenters. The topological polar surface area (TPSA) is 86.7 Å². The Labute approximate surface area is 125 Å². The van der Waals surface area contributed by atoms with Gasteiger partial charge < -0.3 is 15.3 Å². The second-order valence-electron chi connectivity index (χ2n) is 6.49. The quantitative estimate of drug-likeness (QED) is 0.759. The minimum Gasteiger partial charge on any atom is -0.481 e. The van der Waals surface area contributed by atoms with E-state index in [-0.39, 0.29) is 23.9 Å². The van der Waals surface area contributed by atoms with Crippen LogP contribution in [0.2, 0.25) is 0 Å². The summed E-state index contributed by atoms with van der Waals surface area (Å²) in [6.07, 6.45) is 4.37. The maximum atomic E-state index is 12.4. The van der Waals surface area contributed by atoms with Gasteiger partial charge >= 0.3 is 5.97 Å². The number of amides is 2. The number of allylic oxidation sites excluding steroid dienone is 2. The van der Waals surface area contributed by atoms with E-state index in [0.717, 1.165) is 0 Å². The number of carboxylic acids is 1. The number of aliphatic carboxylic acids is 1. The fourth-order valence-corrected chi connectivity index (χ4v) is 2.39. The van der Waals surface area contributed by atoms with Crippen LogP contribution in [0, 0.1) is 11.8 Å². The number of nitrogens with zero attached hydrogens (tertiary/aromatic N) is 1. The normalized spacial score (nSPS) is 21.7. The van der Waals surface area contributed by atoms with Crippen molar-refractivity contribution in [2.75, 3.05) is 13.6 Å². The molecule has 6 nitrogen and oxygen atoms in total. The molecule has 0 unspecified atom stereocenters. The zero-order valence-electron chi connectivity index (χ0n) is 13.0. The van der Waals surface area contributed by atoms with Gasteiger partial charge in [-0.25, -0.2) is 0 Å². The number of nitrogens with one attached hydrogen (secondary N) is 1. The summed E-state index contributed by atoms with van der Waals surface area (Å²) in [5, 5.41) is 12.0. The third-order valence-electron chi connectivity index (χ3n) is 3.34. The fraction of sp³-hybridized carbons (Fsp3) is 0.667. The Balaban J connectivity index is 2.67. The van der Waals surface area contributed by atoms with Crippen molar-refractivity contribution in [1.82, 2.24) is 10.2 Å². The Morgan fingerprint density at radius 2 is 1.71 bits per heavy atom. The number of rotatable bonds is 4. The van der Waals surface area contributed by atoms with Crippen molar-refractivity contribution in [1.29, 1.82) is 0 Å². The number of carboxylic acid groups (broad SMARTS) is 1. The molecular formula is C15H24N2O4. The zero-order valence-corrected chi connectivity index (χ0v) is 13.0. The van der Waals surface area contributed by atoms with Crippen molar-refractivity contribution >= 4 is 17.8 Å². The highest BCUT2D eigenvalue weighted by Crippen LogP contribution is 2.27. The molecule has 1 aliphatic rings. The Bertz CT molecular complexity index is 451. The van der Waals surface area contributed by atoms with E-state index < -0.39 is 17.8 Å². The molecule has 0 spiro atoms. The average molecular weight is 296 g/mol. The van der Waals surface area contributed by atoms with Crippen LogP contribution < -0.4 is 5.32 Å². The van der Waals surface area contributed by atoms with E-state index in [4.69, 9.17) is 0 Å². The lowest BCUT2D eigenvalue weighted by Gasteiger charge is -2.29. The third kappa shape index (κ3) is 5.21. The highest BCUT2D eigenvalue weighted by molar-refractivity contribution is 5.89. The molecule has 1 aliphatic carbocycles. The summed E-state index contributed by atoms with van der Waals surface area (Å²) in [6, 6.07) is 0. The van der Waals surface area contributed by atoms with Crippen molar-refractivity contribution in [3.8, 4) is 0 Å². The molecule has 2 amide bonds. The Morgan fingerprint density at radius 1 is 1.19 bits per heavy atom.